The Labute approximate surface area is 113 Å². The third kappa shape index (κ3) is 3.20. The van der Waals surface area contributed by atoms with Gasteiger partial charge in [0.05, 0.1) is 10.7 Å². The van der Waals surface area contributed by atoms with Crippen LogP contribution in [0.3, 0.4) is 0 Å². The van der Waals surface area contributed by atoms with Crippen molar-refractivity contribution in [2.45, 2.75) is 12.8 Å². The fraction of sp³-hybridized carbons (Fsp3) is 0.143. The van der Waals surface area contributed by atoms with Gasteiger partial charge in [-0.15, -0.1) is 0 Å². The lowest BCUT2D eigenvalue weighted by molar-refractivity contribution is 0.523. The molecule has 2 rings (SSSR count). The van der Waals surface area contributed by atoms with Crippen molar-refractivity contribution in [2.24, 2.45) is 0 Å². The summed E-state index contributed by atoms with van der Waals surface area (Å²) in [6, 6.07) is 6.37. The van der Waals surface area contributed by atoms with Crippen LogP contribution >= 0.6 is 11.6 Å². The third-order valence-electron chi connectivity index (χ3n) is 2.83. The lowest BCUT2D eigenvalue weighted by Gasteiger charge is -2.07. The van der Waals surface area contributed by atoms with Crippen LogP contribution in [-0.2, 0) is 12.8 Å². The molecule has 0 fully saturated rings. The van der Waals surface area contributed by atoms with Crippen molar-refractivity contribution in [3.05, 3.63) is 63.9 Å². The molecule has 0 heterocycles. The van der Waals surface area contributed by atoms with Crippen LogP contribution in [0, 0.1) is 17.5 Å². The summed E-state index contributed by atoms with van der Waals surface area (Å²) in [5.41, 5.74) is 6.74. The first kappa shape index (κ1) is 13.7. The van der Waals surface area contributed by atoms with Crippen molar-refractivity contribution in [1.82, 2.24) is 0 Å². The molecule has 100 valence electrons. The minimum absolute atomic E-state index is 0.124. The summed E-state index contributed by atoms with van der Waals surface area (Å²) in [6.45, 7) is 0. The quantitative estimate of drug-likeness (QED) is 0.843. The maximum absolute atomic E-state index is 13.4. The second-order valence-electron chi connectivity index (χ2n) is 4.20. The van der Waals surface area contributed by atoms with Gasteiger partial charge >= 0.3 is 0 Å². The fourth-order valence-electron chi connectivity index (χ4n) is 1.83. The van der Waals surface area contributed by atoms with Crippen LogP contribution in [0.1, 0.15) is 11.1 Å². The van der Waals surface area contributed by atoms with E-state index in [4.69, 9.17) is 17.3 Å². The molecule has 0 aliphatic rings. The van der Waals surface area contributed by atoms with E-state index in [9.17, 15) is 13.2 Å². The van der Waals surface area contributed by atoms with Crippen molar-refractivity contribution in [3.63, 3.8) is 0 Å². The third-order valence-corrected chi connectivity index (χ3v) is 3.17. The molecule has 0 unspecified atom stereocenters. The van der Waals surface area contributed by atoms with Crippen LogP contribution in [-0.4, -0.2) is 0 Å². The van der Waals surface area contributed by atoms with E-state index in [2.05, 4.69) is 0 Å². The van der Waals surface area contributed by atoms with Gasteiger partial charge in [-0.1, -0.05) is 17.7 Å². The minimum atomic E-state index is -0.922. The first-order valence-electron chi connectivity index (χ1n) is 5.64. The van der Waals surface area contributed by atoms with E-state index in [1.165, 1.54) is 0 Å². The largest absolute Gasteiger partial charge is 0.398 e. The Balaban J connectivity index is 2.16. The number of nitrogen functional groups attached to an aromatic ring is 1. The minimum Gasteiger partial charge on any atom is -0.398 e. The maximum atomic E-state index is 13.4. The Bertz CT molecular complexity index is 591. The predicted octanol–water partition coefficient (Wildman–Crippen LogP) is 4.12. The van der Waals surface area contributed by atoms with Crippen molar-refractivity contribution in [2.75, 3.05) is 5.73 Å². The Kier molecular flexibility index (Phi) is 4.00. The molecular formula is C14H11ClF3N. The highest BCUT2D eigenvalue weighted by molar-refractivity contribution is 6.33. The zero-order chi connectivity index (χ0) is 14.0. The number of nitrogens with two attached hydrogens (primary N) is 1. The van der Waals surface area contributed by atoms with Crippen molar-refractivity contribution < 1.29 is 13.2 Å². The average Bonchev–Trinajstić information content (AvgIpc) is 2.32. The molecule has 19 heavy (non-hydrogen) atoms. The molecule has 0 amide bonds. The number of benzene rings is 2. The summed E-state index contributed by atoms with van der Waals surface area (Å²) < 4.78 is 39.6. The maximum Gasteiger partial charge on any atom is 0.132 e. The summed E-state index contributed by atoms with van der Waals surface area (Å²) in [4.78, 5) is 0. The first-order valence-corrected chi connectivity index (χ1v) is 6.02. The van der Waals surface area contributed by atoms with Gasteiger partial charge < -0.3 is 5.73 Å². The molecule has 2 N–H and O–H groups in total. The topological polar surface area (TPSA) is 26.0 Å². The summed E-state index contributed by atoms with van der Waals surface area (Å²) in [7, 11) is 0. The van der Waals surface area contributed by atoms with Gasteiger partial charge in [0.2, 0.25) is 0 Å². The lowest BCUT2D eigenvalue weighted by atomic mass is 10.0. The highest BCUT2D eigenvalue weighted by Crippen LogP contribution is 2.22. The summed E-state index contributed by atoms with van der Waals surface area (Å²) in [6.07, 6.45) is 0.514. The number of anilines is 1. The van der Waals surface area contributed by atoms with E-state index in [0.29, 0.717) is 29.3 Å². The number of hydrogen-bond donors (Lipinski definition) is 1. The molecule has 0 saturated carbocycles. The van der Waals surface area contributed by atoms with Crippen LogP contribution in [0.15, 0.2) is 30.3 Å². The molecule has 0 aliphatic carbocycles. The zero-order valence-electron chi connectivity index (χ0n) is 9.89. The fourth-order valence-corrected chi connectivity index (χ4v) is 1.95. The lowest BCUT2D eigenvalue weighted by Crippen LogP contribution is -2.00. The summed E-state index contributed by atoms with van der Waals surface area (Å²) in [5.74, 6) is -2.67. The molecule has 2 aromatic rings. The van der Waals surface area contributed by atoms with Crippen molar-refractivity contribution in [1.29, 1.82) is 0 Å². The molecule has 0 spiro atoms. The van der Waals surface area contributed by atoms with Crippen LogP contribution < -0.4 is 5.73 Å². The molecule has 2 aromatic carbocycles. The standard InChI is InChI=1S/C14H11ClF3N/c15-11-4-2-8(5-14(11)19)1-3-10-12(17)6-9(16)7-13(10)18/h2,4-7H,1,3,19H2. The molecule has 0 radical (unpaired) electrons. The van der Waals surface area contributed by atoms with Gasteiger partial charge in [-0.2, -0.15) is 0 Å². The Morgan fingerprint density at radius 3 is 2.16 bits per heavy atom. The van der Waals surface area contributed by atoms with Crippen molar-refractivity contribution >= 4 is 17.3 Å². The van der Waals surface area contributed by atoms with Gasteiger partial charge in [0, 0.05) is 17.7 Å². The number of aryl methyl sites for hydroxylation is 1. The molecule has 0 atom stereocenters. The molecule has 0 bridgehead atoms. The van der Waals surface area contributed by atoms with Crippen LogP contribution in [0.5, 0.6) is 0 Å². The molecular weight excluding hydrogens is 275 g/mol. The van der Waals surface area contributed by atoms with Gasteiger partial charge in [0.1, 0.15) is 17.5 Å². The number of halogens is 4. The van der Waals surface area contributed by atoms with Gasteiger partial charge in [0.15, 0.2) is 0 Å². The summed E-state index contributed by atoms with van der Waals surface area (Å²) >= 11 is 5.78. The molecule has 0 aromatic heterocycles. The van der Waals surface area contributed by atoms with E-state index in [0.717, 1.165) is 5.56 Å². The number of hydrogen-bond acceptors (Lipinski definition) is 1. The average molecular weight is 286 g/mol. The highest BCUT2D eigenvalue weighted by Gasteiger charge is 2.11. The molecule has 0 saturated heterocycles. The van der Waals surface area contributed by atoms with Gasteiger partial charge in [-0.25, -0.2) is 13.2 Å². The molecule has 1 nitrogen and oxygen atoms in total. The van der Waals surface area contributed by atoms with Gasteiger partial charge in [0.25, 0.3) is 0 Å². The van der Waals surface area contributed by atoms with Crippen LogP contribution in [0.25, 0.3) is 0 Å². The first-order chi connectivity index (χ1) is 8.97. The Hall–Kier alpha value is -1.68. The van der Waals surface area contributed by atoms with E-state index in [1.54, 1.807) is 18.2 Å². The normalized spacial score (nSPS) is 10.7. The summed E-state index contributed by atoms with van der Waals surface area (Å²) in [5, 5.41) is 0.433. The van der Waals surface area contributed by atoms with E-state index in [-0.39, 0.29) is 12.0 Å². The Morgan fingerprint density at radius 2 is 1.58 bits per heavy atom. The van der Waals surface area contributed by atoms with E-state index < -0.39 is 17.5 Å². The smallest absolute Gasteiger partial charge is 0.132 e. The predicted molar refractivity (Wildman–Crippen MR) is 69.6 cm³/mol. The molecule has 0 aliphatic heterocycles. The number of rotatable bonds is 3. The Morgan fingerprint density at radius 1 is 0.947 bits per heavy atom. The highest BCUT2D eigenvalue weighted by atomic mass is 35.5. The second-order valence-corrected chi connectivity index (χ2v) is 4.61. The SMILES string of the molecule is Nc1cc(CCc2c(F)cc(F)cc2F)ccc1Cl. The van der Waals surface area contributed by atoms with E-state index in [1.807, 2.05) is 0 Å². The van der Waals surface area contributed by atoms with Crippen LogP contribution in [0.2, 0.25) is 5.02 Å². The second kappa shape index (κ2) is 5.53. The van der Waals surface area contributed by atoms with Crippen molar-refractivity contribution in [3.8, 4) is 0 Å². The van der Waals surface area contributed by atoms with Gasteiger partial charge in [-0.05, 0) is 30.5 Å². The van der Waals surface area contributed by atoms with E-state index >= 15 is 0 Å². The van der Waals surface area contributed by atoms with Crippen LogP contribution in [0.4, 0.5) is 18.9 Å². The monoisotopic (exact) mass is 285 g/mol. The van der Waals surface area contributed by atoms with Gasteiger partial charge in [-0.3, -0.25) is 0 Å². The zero-order valence-corrected chi connectivity index (χ0v) is 10.6. The molecule has 5 heteroatoms.